The molecule has 1 amide bonds. The van der Waals surface area contributed by atoms with Crippen LogP contribution in [-0.2, 0) is 4.79 Å². The highest BCUT2D eigenvalue weighted by molar-refractivity contribution is 5.90. The SMILES string of the molecule is N#Cc1ccc(NC(=O)CCN2CCCC(N)C2)cc1. The fraction of sp³-hybridized carbons (Fsp3) is 0.467. The van der Waals surface area contributed by atoms with Crippen molar-refractivity contribution >= 4 is 11.6 Å². The van der Waals surface area contributed by atoms with Crippen molar-refractivity contribution < 1.29 is 4.79 Å². The molecular formula is C15H20N4O. The zero-order chi connectivity index (χ0) is 14.4. The van der Waals surface area contributed by atoms with E-state index in [4.69, 9.17) is 11.0 Å². The van der Waals surface area contributed by atoms with Gasteiger partial charge < -0.3 is 16.0 Å². The molecule has 20 heavy (non-hydrogen) atoms. The number of nitrogens with zero attached hydrogens (tertiary/aromatic N) is 2. The molecule has 1 aliphatic rings. The Kier molecular flexibility index (Phi) is 5.10. The lowest BCUT2D eigenvalue weighted by Gasteiger charge is -2.30. The molecule has 5 nitrogen and oxygen atoms in total. The van der Waals surface area contributed by atoms with Crippen molar-refractivity contribution in [3.05, 3.63) is 29.8 Å². The number of nitrogens with one attached hydrogen (secondary N) is 1. The summed E-state index contributed by atoms with van der Waals surface area (Å²) in [5.41, 5.74) is 7.23. The van der Waals surface area contributed by atoms with Gasteiger partial charge in [0.2, 0.25) is 5.91 Å². The molecule has 1 unspecified atom stereocenters. The van der Waals surface area contributed by atoms with E-state index in [0.717, 1.165) is 38.2 Å². The van der Waals surface area contributed by atoms with Crippen molar-refractivity contribution in [2.24, 2.45) is 5.73 Å². The first-order valence-corrected chi connectivity index (χ1v) is 6.95. The first-order valence-electron chi connectivity index (χ1n) is 6.95. The summed E-state index contributed by atoms with van der Waals surface area (Å²) in [7, 11) is 0. The van der Waals surface area contributed by atoms with E-state index >= 15 is 0 Å². The average molecular weight is 272 g/mol. The van der Waals surface area contributed by atoms with Crippen LogP contribution in [0.15, 0.2) is 24.3 Å². The number of hydrogen-bond donors (Lipinski definition) is 2. The third-order valence-corrected chi connectivity index (χ3v) is 3.49. The number of likely N-dealkylation sites (tertiary alicyclic amines) is 1. The molecule has 1 atom stereocenters. The summed E-state index contributed by atoms with van der Waals surface area (Å²) in [4.78, 5) is 14.1. The van der Waals surface area contributed by atoms with Crippen LogP contribution >= 0.6 is 0 Å². The Morgan fingerprint density at radius 2 is 2.20 bits per heavy atom. The lowest BCUT2D eigenvalue weighted by Crippen LogP contribution is -2.43. The lowest BCUT2D eigenvalue weighted by molar-refractivity contribution is -0.116. The Balaban J connectivity index is 1.76. The summed E-state index contributed by atoms with van der Waals surface area (Å²) < 4.78 is 0. The molecule has 1 fully saturated rings. The van der Waals surface area contributed by atoms with Gasteiger partial charge in [0.25, 0.3) is 0 Å². The van der Waals surface area contributed by atoms with E-state index in [9.17, 15) is 4.79 Å². The van der Waals surface area contributed by atoms with Crippen LogP contribution < -0.4 is 11.1 Å². The van der Waals surface area contributed by atoms with Crippen molar-refractivity contribution in [2.75, 3.05) is 25.0 Å². The van der Waals surface area contributed by atoms with Crippen LogP contribution in [-0.4, -0.2) is 36.5 Å². The van der Waals surface area contributed by atoms with Crippen LogP contribution in [0.25, 0.3) is 0 Å². The van der Waals surface area contributed by atoms with Gasteiger partial charge in [-0.15, -0.1) is 0 Å². The summed E-state index contributed by atoms with van der Waals surface area (Å²) in [6.45, 7) is 2.65. The van der Waals surface area contributed by atoms with E-state index in [0.29, 0.717) is 12.0 Å². The summed E-state index contributed by atoms with van der Waals surface area (Å²) in [6, 6.07) is 9.16. The molecule has 1 saturated heterocycles. The molecule has 1 aromatic rings. The molecule has 3 N–H and O–H groups in total. The lowest BCUT2D eigenvalue weighted by atomic mass is 10.1. The molecule has 1 aromatic carbocycles. The highest BCUT2D eigenvalue weighted by Crippen LogP contribution is 2.11. The Morgan fingerprint density at radius 3 is 2.85 bits per heavy atom. The topological polar surface area (TPSA) is 82.2 Å². The van der Waals surface area contributed by atoms with Crippen LogP contribution in [0.5, 0.6) is 0 Å². The van der Waals surface area contributed by atoms with Gasteiger partial charge in [-0.1, -0.05) is 0 Å². The van der Waals surface area contributed by atoms with Crippen LogP contribution in [0.1, 0.15) is 24.8 Å². The molecule has 0 radical (unpaired) electrons. The molecule has 0 aromatic heterocycles. The second-order valence-corrected chi connectivity index (χ2v) is 5.19. The summed E-state index contributed by atoms with van der Waals surface area (Å²) in [5.74, 6) is -0.00569. The fourth-order valence-corrected chi connectivity index (χ4v) is 2.41. The molecule has 0 bridgehead atoms. The maximum atomic E-state index is 11.9. The number of benzene rings is 1. The van der Waals surface area contributed by atoms with Crippen molar-refractivity contribution in [3.63, 3.8) is 0 Å². The largest absolute Gasteiger partial charge is 0.327 e. The highest BCUT2D eigenvalue weighted by atomic mass is 16.1. The maximum absolute atomic E-state index is 11.9. The van der Waals surface area contributed by atoms with E-state index in [1.54, 1.807) is 24.3 Å². The van der Waals surface area contributed by atoms with E-state index in [2.05, 4.69) is 10.2 Å². The highest BCUT2D eigenvalue weighted by Gasteiger charge is 2.17. The number of piperidine rings is 1. The summed E-state index contributed by atoms with van der Waals surface area (Å²) >= 11 is 0. The van der Waals surface area contributed by atoms with Crippen molar-refractivity contribution in [1.29, 1.82) is 5.26 Å². The van der Waals surface area contributed by atoms with Crippen molar-refractivity contribution in [3.8, 4) is 6.07 Å². The molecule has 0 aliphatic carbocycles. The van der Waals surface area contributed by atoms with Crippen LogP contribution in [0.3, 0.4) is 0 Å². The second-order valence-electron chi connectivity index (χ2n) is 5.19. The Morgan fingerprint density at radius 1 is 1.45 bits per heavy atom. The number of hydrogen-bond acceptors (Lipinski definition) is 4. The number of nitriles is 1. The minimum atomic E-state index is -0.00569. The molecule has 5 heteroatoms. The molecule has 2 rings (SSSR count). The summed E-state index contributed by atoms with van der Waals surface area (Å²) in [6.07, 6.45) is 2.65. The predicted octanol–water partition coefficient (Wildman–Crippen LogP) is 1.31. The van der Waals surface area contributed by atoms with Gasteiger partial charge in [-0.25, -0.2) is 0 Å². The number of rotatable bonds is 4. The van der Waals surface area contributed by atoms with Gasteiger partial charge in [0.05, 0.1) is 11.6 Å². The molecule has 106 valence electrons. The zero-order valence-corrected chi connectivity index (χ0v) is 11.5. The van der Waals surface area contributed by atoms with Crippen molar-refractivity contribution in [1.82, 2.24) is 4.90 Å². The van der Waals surface area contributed by atoms with Crippen LogP contribution in [0.4, 0.5) is 5.69 Å². The number of carbonyl (C=O) groups is 1. The van der Waals surface area contributed by atoms with Gasteiger partial charge >= 0.3 is 0 Å². The first-order chi connectivity index (χ1) is 9.67. The standard InChI is InChI=1S/C15H20N4O/c16-10-12-3-5-14(6-4-12)18-15(20)7-9-19-8-1-2-13(17)11-19/h3-6,13H,1-2,7-9,11,17H2,(H,18,20). The van der Waals surface area contributed by atoms with Crippen LogP contribution in [0.2, 0.25) is 0 Å². The Labute approximate surface area is 119 Å². The van der Waals surface area contributed by atoms with Gasteiger partial charge in [-0.05, 0) is 43.7 Å². The maximum Gasteiger partial charge on any atom is 0.225 e. The molecule has 1 heterocycles. The van der Waals surface area contributed by atoms with Gasteiger partial charge in [0.15, 0.2) is 0 Å². The fourth-order valence-electron chi connectivity index (χ4n) is 2.41. The molecule has 0 saturated carbocycles. The number of amides is 1. The summed E-state index contributed by atoms with van der Waals surface area (Å²) in [5, 5.41) is 11.5. The zero-order valence-electron chi connectivity index (χ0n) is 11.5. The number of carbonyl (C=O) groups excluding carboxylic acids is 1. The van der Waals surface area contributed by atoms with Gasteiger partial charge in [0, 0.05) is 31.2 Å². The quantitative estimate of drug-likeness (QED) is 0.865. The smallest absolute Gasteiger partial charge is 0.225 e. The Bertz CT molecular complexity index is 492. The normalized spacial score (nSPS) is 19.3. The van der Waals surface area contributed by atoms with Crippen molar-refractivity contribution in [2.45, 2.75) is 25.3 Å². The monoisotopic (exact) mass is 272 g/mol. The minimum absolute atomic E-state index is 0.00569. The molecular weight excluding hydrogens is 252 g/mol. The number of nitrogens with two attached hydrogens (primary N) is 1. The van der Waals surface area contributed by atoms with Gasteiger partial charge in [-0.3, -0.25) is 4.79 Å². The number of anilines is 1. The third kappa shape index (κ3) is 4.34. The molecule has 1 aliphatic heterocycles. The third-order valence-electron chi connectivity index (χ3n) is 3.49. The van der Waals surface area contributed by atoms with E-state index in [1.807, 2.05) is 6.07 Å². The Hall–Kier alpha value is -1.90. The second kappa shape index (κ2) is 7.04. The van der Waals surface area contributed by atoms with E-state index in [1.165, 1.54) is 0 Å². The van der Waals surface area contributed by atoms with Gasteiger partial charge in [0.1, 0.15) is 0 Å². The van der Waals surface area contributed by atoms with E-state index < -0.39 is 0 Å². The first kappa shape index (κ1) is 14.5. The predicted molar refractivity (Wildman–Crippen MR) is 78.1 cm³/mol. The average Bonchev–Trinajstić information content (AvgIpc) is 2.46. The van der Waals surface area contributed by atoms with Crippen LogP contribution in [0, 0.1) is 11.3 Å². The molecule has 0 spiro atoms. The van der Waals surface area contributed by atoms with Gasteiger partial charge in [-0.2, -0.15) is 5.26 Å². The van der Waals surface area contributed by atoms with E-state index in [-0.39, 0.29) is 11.9 Å². The minimum Gasteiger partial charge on any atom is -0.327 e.